The number of imidazole rings is 1. The Balaban J connectivity index is 2.35. The lowest BCUT2D eigenvalue weighted by Crippen LogP contribution is -2.18. The second-order valence-electron chi connectivity index (χ2n) is 5.20. The average Bonchev–Trinajstić information content (AvgIpc) is 2.67. The van der Waals surface area contributed by atoms with Crippen molar-refractivity contribution < 1.29 is 0 Å². The normalized spacial score (nSPS) is 13.4. The van der Waals surface area contributed by atoms with E-state index in [9.17, 15) is 0 Å². The third kappa shape index (κ3) is 3.26. The summed E-state index contributed by atoms with van der Waals surface area (Å²) in [6.45, 7) is 3.93. The highest BCUT2D eigenvalue weighted by Crippen LogP contribution is 2.23. The first-order chi connectivity index (χ1) is 8.99. The average molecular weight is 281 g/mol. The molecule has 2 N–H and O–H groups in total. The van der Waals surface area contributed by atoms with Gasteiger partial charge in [0, 0.05) is 11.6 Å². The SMILES string of the molecule is CC(N)c1nc2cc(Cl)ccc2n1CCCN(C)C. The summed E-state index contributed by atoms with van der Waals surface area (Å²) in [5.41, 5.74) is 8.05. The summed E-state index contributed by atoms with van der Waals surface area (Å²) in [7, 11) is 4.16. The maximum atomic E-state index is 6.02. The molecule has 1 aromatic heterocycles. The van der Waals surface area contributed by atoms with Gasteiger partial charge >= 0.3 is 0 Å². The lowest BCUT2D eigenvalue weighted by molar-refractivity contribution is 0.385. The molecule has 0 saturated carbocycles. The molecule has 0 fully saturated rings. The Bertz CT molecular complexity index is 560. The lowest BCUT2D eigenvalue weighted by atomic mass is 10.3. The Kier molecular flexibility index (Phi) is 4.45. The molecule has 2 aromatic rings. The predicted molar refractivity (Wildman–Crippen MR) is 80.5 cm³/mol. The van der Waals surface area contributed by atoms with Gasteiger partial charge in [-0.3, -0.25) is 0 Å². The number of hydrogen-bond donors (Lipinski definition) is 1. The Labute approximate surface area is 119 Å². The molecule has 0 aliphatic carbocycles. The van der Waals surface area contributed by atoms with Crippen LogP contribution in [0.3, 0.4) is 0 Å². The van der Waals surface area contributed by atoms with Crippen molar-refractivity contribution in [3.8, 4) is 0 Å². The fourth-order valence-corrected chi connectivity index (χ4v) is 2.42. The number of nitrogens with zero attached hydrogens (tertiary/aromatic N) is 3. The molecule has 5 heteroatoms. The summed E-state index contributed by atoms with van der Waals surface area (Å²) >= 11 is 6.02. The molecule has 1 aromatic carbocycles. The Hall–Kier alpha value is -1.10. The number of rotatable bonds is 5. The first-order valence-electron chi connectivity index (χ1n) is 6.55. The number of nitrogens with two attached hydrogens (primary N) is 1. The maximum Gasteiger partial charge on any atom is 0.126 e. The molecule has 0 bridgehead atoms. The standard InChI is InChI=1S/C14H21ClN4/c1-10(16)14-17-12-9-11(15)5-6-13(12)19(14)8-4-7-18(2)3/h5-6,9-10H,4,7-8,16H2,1-3H3. The number of fused-ring (bicyclic) bond motifs is 1. The topological polar surface area (TPSA) is 47.1 Å². The highest BCUT2D eigenvalue weighted by Gasteiger charge is 2.13. The molecule has 0 amide bonds. The van der Waals surface area contributed by atoms with Gasteiger partial charge < -0.3 is 15.2 Å². The van der Waals surface area contributed by atoms with Crippen LogP contribution in [0, 0.1) is 0 Å². The molecule has 0 aliphatic heterocycles. The van der Waals surface area contributed by atoms with E-state index in [0.29, 0.717) is 5.02 Å². The zero-order valence-electron chi connectivity index (χ0n) is 11.7. The van der Waals surface area contributed by atoms with Gasteiger partial charge in [0.05, 0.1) is 17.1 Å². The molecule has 0 saturated heterocycles. The Morgan fingerprint density at radius 3 is 2.79 bits per heavy atom. The van der Waals surface area contributed by atoms with Crippen molar-refractivity contribution in [2.75, 3.05) is 20.6 Å². The largest absolute Gasteiger partial charge is 0.327 e. The van der Waals surface area contributed by atoms with Crippen LogP contribution in [0.2, 0.25) is 5.02 Å². The van der Waals surface area contributed by atoms with Crippen molar-refractivity contribution in [2.45, 2.75) is 25.9 Å². The fraction of sp³-hybridized carbons (Fsp3) is 0.500. The second-order valence-corrected chi connectivity index (χ2v) is 5.64. The van der Waals surface area contributed by atoms with E-state index in [1.807, 2.05) is 25.1 Å². The number of aromatic nitrogens is 2. The monoisotopic (exact) mass is 280 g/mol. The second kappa shape index (κ2) is 5.90. The molecule has 1 heterocycles. The van der Waals surface area contributed by atoms with Crippen molar-refractivity contribution in [1.82, 2.24) is 14.5 Å². The molecule has 0 radical (unpaired) electrons. The van der Waals surface area contributed by atoms with E-state index in [4.69, 9.17) is 17.3 Å². The quantitative estimate of drug-likeness (QED) is 0.916. The fourth-order valence-electron chi connectivity index (χ4n) is 2.25. The van der Waals surface area contributed by atoms with Crippen LogP contribution >= 0.6 is 11.6 Å². The van der Waals surface area contributed by atoms with E-state index in [-0.39, 0.29) is 6.04 Å². The van der Waals surface area contributed by atoms with Crippen molar-refractivity contribution in [3.05, 3.63) is 29.0 Å². The molecule has 1 atom stereocenters. The molecular formula is C14H21ClN4. The van der Waals surface area contributed by atoms with Gasteiger partial charge in [-0.25, -0.2) is 4.98 Å². The molecule has 2 rings (SSSR count). The zero-order valence-corrected chi connectivity index (χ0v) is 12.5. The van der Waals surface area contributed by atoms with E-state index in [2.05, 4.69) is 28.5 Å². The Morgan fingerprint density at radius 1 is 1.42 bits per heavy atom. The van der Waals surface area contributed by atoms with Crippen LogP contribution in [0.4, 0.5) is 0 Å². The van der Waals surface area contributed by atoms with Gasteiger partial charge in [0.15, 0.2) is 0 Å². The molecule has 19 heavy (non-hydrogen) atoms. The van der Waals surface area contributed by atoms with Gasteiger partial charge in [0.2, 0.25) is 0 Å². The molecule has 1 unspecified atom stereocenters. The summed E-state index contributed by atoms with van der Waals surface area (Å²) in [6.07, 6.45) is 1.07. The van der Waals surface area contributed by atoms with E-state index in [0.717, 1.165) is 36.4 Å². The third-order valence-electron chi connectivity index (χ3n) is 3.13. The summed E-state index contributed by atoms with van der Waals surface area (Å²) < 4.78 is 2.21. The van der Waals surface area contributed by atoms with Gasteiger partial charge in [-0.2, -0.15) is 0 Å². The van der Waals surface area contributed by atoms with Gasteiger partial charge in [-0.05, 0) is 52.2 Å². The van der Waals surface area contributed by atoms with Crippen LogP contribution in [0.15, 0.2) is 18.2 Å². The number of halogens is 1. The maximum absolute atomic E-state index is 6.02. The smallest absolute Gasteiger partial charge is 0.126 e. The third-order valence-corrected chi connectivity index (χ3v) is 3.37. The summed E-state index contributed by atoms with van der Waals surface area (Å²) in [4.78, 5) is 6.79. The highest BCUT2D eigenvalue weighted by molar-refractivity contribution is 6.31. The molecule has 0 spiro atoms. The van der Waals surface area contributed by atoms with Crippen LogP contribution in [-0.2, 0) is 6.54 Å². The van der Waals surface area contributed by atoms with Gasteiger partial charge in [-0.1, -0.05) is 11.6 Å². The van der Waals surface area contributed by atoms with Crippen molar-refractivity contribution in [2.24, 2.45) is 5.73 Å². The lowest BCUT2D eigenvalue weighted by Gasteiger charge is -2.13. The van der Waals surface area contributed by atoms with Crippen LogP contribution in [-0.4, -0.2) is 35.1 Å². The number of benzene rings is 1. The van der Waals surface area contributed by atoms with Gasteiger partial charge in [0.25, 0.3) is 0 Å². The summed E-state index contributed by atoms with van der Waals surface area (Å²) in [6, 6.07) is 5.74. The van der Waals surface area contributed by atoms with Crippen LogP contribution in [0.5, 0.6) is 0 Å². The van der Waals surface area contributed by atoms with Gasteiger partial charge in [-0.15, -0.1) is 0 Å². The Morgan fingerprint density at radius 2 is 2.16 bits per heavy atom. The number of hydrogen-bond acceptors (Lipinski definition) is 3. The van der Waals surface area contributed by atoms with E-state index < -0.39 is 0 Å². The van der Waals surface area contributed by atoms with Crippen LogP contribution < -0.4 is 5.73 Å². The van der Waals surface area contributed by atoms with E-state index in [1.54, 1.807) is 0 Å². The minimum Gasteiger partial charge on any atom is -0.327 e. The highest BCUT2D eigenvalue weighted by atomic mass is 35.5. The van der Waals surface area contributed by atoms with Crippen molar-refractivity contribution >= 4 is 22.6 Å². The van der Waals surface area contributed by atoms with E-state index >= 15 is 0 Å². The molecular weight excluding hydrogens is 260 g/mol. The number of aryl methyl sites for hydroxylation is 1. The zero-order chi connectivity index (χ0) is 14.0. The minimum absolute atomic E-state index is 0.0782. The summed E-state index contributed by atoms with van der Waals surface area (Å²) in [5.74, 6) is 0.927. The van der Waals surface area contributed by atoms with Gasteiger partial charge in [0.1, 0.15) is 5.82 Å². The van der Waals surface area contributed by atoms with Crippen LogP contribution in [0.1, 0.15) is 25.2 Å². The first kappa shape index (κ1) is 14.3. The minimum atomic E-state index is -0.0782. The molecule has 4 nitrogen and oxygen atoms in total. The molecule has 104 valence electrons. The van der Waals surface area contributed by atoms with Crippen LogP contribution in [0.25, 0.3) is 11.0 Å². The predicted octanol–water partition coefficient (Wildman–Crippen LogP) is 2.66. The van der Waals surface area contributed by atoms with E-state index in [1.165, 1.54) is 0 Å². The van der Waals surface area contributed by atoms with Crippen molar-refractivity contribution in [1.29, 1.82) is 0 Å². The first-order valence-corrected chi connectivity index (χ1v) is 6.93. The van der Waals surface area contributed by atoms with Crippen molar-refractivity contribution in [3.63, 3.8) is 0 Å². The summed E-state index contributed by atoms with van der Waals surface area (Å²) in [5, 5.41) is 0.710. The molecule has 0 aliphatic rings.